The Balaban J connectivity index is 2.11. The minimum absolute atomic E-state index is 0.286. The minimum atomic E-state index is 0.286. The third-order valence-corrected chi connectivity index (χ3v) is 4.01. The van der Waals surface area contributed by atoms with Crippen molar-refractivity contribution in [3.05, 3.63) is 0 Å². The van der Waals surface area contributed by atoms with Crippen molar-refractivity contribution < 1.29 is 4.74 Å². The van der Waals surface area contributed by atoms with Crippen LogP contribution in [0.5, 0.6) is 0 Å². The van der Waals surface area contributed by atoms with E-state index in [-0.39, 0.29) is 5.54 Å². The Morgan fingerprint density at radius 3 is 2.64 bits per heavy atom. The highest BCUT2D eigenvalue weighted by Crippen LogP contribution is 2.36. The molecular formula is C12H23NO. The molecule has 2 atom stereocenters. The molecule has 0 aliphatic carbocycles. The van der Waals surface area contributed by atoms with Gasteiger partial charge in [-0.1, -0.05) is 20.3 Å². The highest BCUT2D eigenvalue weighted by Gasteiger charge is 2.44. The van der Waals surface area contributed by atoms with Crippen LogP contribution < -0.4 is 5.32 Å². The number of hydrogen-bond acceptors (Lipinski definition) is 2. The zero-order valence-electron chi connectivity index (χ0n) is 9.51. The van der Waals surface area contributed by atoms with E-state index in [0.29, 0.717) is 12.0 Å². The van der Waals surface area contributed by atoms with E-state index < -0.39 is 0 Å². The molecule has 0 amide bonds. The number of nitrogens with one attached hydrogen (secondary N) is 1. The van der Waals surface area contributed by atoms with E-state index in [0.717, 1.165) is 6.61 Å². The summed E-state index contributed by atoms with van der Waals surface area (Å²) in [7, 11) is 0. The second-order valence-corrected chi connectivity index (χ2v) is 5.08. The molecular weight excluding hydrogens is 174 g/mol. The molecule has 2 aliphatic rings. The standard InChI is InChI=1S/C12H23NO/c1-10(2)12(7-3-4-8-13-12)11-6-5-9-14-11/h10-11,13H,3-9H2,1-2H3. The minimum Gasteiger partial charge on any atom is -0.376 e. The van der Waals surface area contributed by atoms with Crippen molar-refractivity contribution in [1.82, 2.24) is 5.32 Å². The van der Waals surface area contributed by atoms with Gasteiger partial charge in [0.15, 0.2) is 0 Å². The first kappa shape index (κ1) is 10.4. The van der Waals surface area contributed by atoms with E-state index >= 15 is 0 Å². The summed E-state index contributed by atoms with van der Waals surface area (Å²) in [5.74, 6) is 0.686. The number of ether oxygens (including phenoxy) is 1. The van der Waals surface area contributed by atoms with E-state index in [9.17, 15) is 0 Å². The van der Waals surface area contributed by atoms with Gasteiger partial charge in [0.1, 0.15) is 0 Å². The van der Waals surface area contributed by atoms with Gasteiger partial charge < -0.3 is 10.1 Å². The summed E-state index contributed by atoms with van der Waals surface area (Å²) >= 11 is 0. The Kier molecular flexibility index (Phi) is 3.13. The van der Waals surface area contributed by atoms with Crippen molar-refractivity contribution in [3.8, 4) is 0 Å². The van der Waals surface area contributed by atoms with E-state index in [4.69, 9.17) is 4.74 Å². The fourth-order valence-corrected chi connectivity index (χ4v) is 3.08. The Bertz CT molecular complexity index is 179. The van der Waals surface area contributed by atoms with Crippen molar-refractivity contribution in [1.29, 1.82) is 0 Å². The maximum absolute atomic E-state index is 5.89. The SMILES string of the molecule is CC(C)C1(C2CCCO2)CCCCN1. The zero-order valence-corrected chi connectivity index (χ0v) is 9.51. The van der Waals surface area contributed by atoms with Gasteiger partial charge in [0.05, 0.1) is 6.10 Å². The van der Waals surface area contributed by atoms with Crippen molar-refractivity contribution in [2.75, 3.05) is 13.2 Å². The zero-order chi connectivity index (χ0) is 10.0. The molecule has 0 saturated carbocycles. The molecule has 2 nitrogen and oxygen atoms in total. The van der Waals surface area contributed by atoms with Crippen LogP contribution in [0.4, 0.5) is 0 Å². The molecule has 2 fully saturated rings. The Morgan fingerprint density at radius 2 is 2.14 bits per heavy atom. The maximum atomic E-state index is 5.89. The Hall–Kier alpha value is -0.0800. The summed E-state index contributed by atoms with van der Waals surface area (Å²) in [6.07, 6.45) is 6.98. The van der Waals surface area contributed by atoms with Crippen molar-refractivity contribution in [2.24, 2.45) is 5.92 Å². The molecule has 2 saturated heterocycles. The molecule has 2 aliphatic heterocycles. The van der Waals surface area contributed by atoms with Crippen LogP contribution in [0.15, 0.2) is 0 Å². The average Bonchev–Trinajstić information content (AvgIpc) is 2.72. The van der Waals surface area contributed by atoms with Crippen LogP contribution in [0.3, 0.4) is 0 Å². The fourth-order valence-electron chi connectivity index (χ4n) is 3.08. The summed E-state index contributed by atoms with van der Waals surface area (Å²) in [6, 6.07) is 0. The van der Waals surface area contributed by atoms with Gasteiger partial charge in [-0.2, -0.15) is 0 Å². The second-order valence-electron chi connectivity index (χ2n) is 5.08. The van der Waals surface area contributed by atoms with Gasteiger partial charge in [-0.05, 0) is 38.1 Å². The average molecular weight is 197 g/mol. The number of hydrogen-bond donors (Lipinski definition) is 1. The molecule has 0 spiro atoms. The van der Waals surface area contributed by atoms with Crippen LogP contribution in [-0.4, -0.2) is 24.8 Å². The molecule has 1 N–H and O–H groups in total. The van der Waals surface area contributed by atoms with Crippen LogP contribution in [0.25, 0.3) is 0 Å². The second kappa shape index (κ2) is 4.19. The lowest BCUT2D eigenvalue weighted by Crippen LogP contribution is -2.60. The van der Waals surface area contributed by atoms with E-state index in [1.165, 1.54) is 38.6 Å². The molecule has 2 rings (SSSR count). The third kappa shape index (κ3) is 1.70. The molecule has 0 bridgehead atoms. The fraction of sp³-hybridized carbons (Fsp3) is 1.00. The lowest BCUT2D eigenvalue weighted by atomic mass is 9.74. The van der Waals surface area contributed by atoms with Crippen molar-refractivity contribution in [3.63, 3.8) is 0 Å². The molecule has 0 aromatic rings. The molecule has 0 aromatic carbocycles. The third-order valence-electron chi connectivity index (χ3n) is 4.01. The van der Waals surface area contributed by atoms with Crippen LogP contribution in [0.2, 0.25) is 0 Å². The van der Waals surface area contributed by atoms with Crippen molar-refractivity contribution >= 4 is 0 Å². The summed E-state index contributed by atoms with van der Waals surface area (Å²) in [6.45, 7) is 6.82. The van der Waals surface area contributed by atoms with Gasteiger partial charge in [-0.3, -0.25) is 0 Å². The van der Waals surface area contributed by atoms with Crippen LogP contribution in [0.1, 0.15) is 46.0 Å². The van der Waals surface area contributed by atoms with Crippen LogP contribution in [-0.2, 0) is 4.74 Å². The Labute approximate surface area is 87.4 Å². The van der Waals surface area contributed by atoms with E-state index in [1.807, 2.05) is 0 Å². The summed E-state index contributed by atoms with van der Waals surface area (Å²) in [5.41, 5.74) is 0.286. The maximum Gasteiger partial charge on any atom is 0.0759 e. The molecule has 2 heterocycles. The van der Waals surface area contributed by atoms with Gasteiger partial charge >= 0.3 is 0 Å². The summed E-state index contributed by atoms with van der Waals surface area (Å²) in [4.78, 5) is 0. The predicted molar refractivity (Wildman–Crippen MR) is 58.4 cm³/mol. The van der Waals surface area contributed by atoms with Crippen LogP contribution >= 0.6 is 0 Å². The molecule has 82 valence electrons. The largest absolute Gasteiger partial charge is 0.376 e. The highest BCUT2D eigenvalue weighted by atomic mass is 16.5. The van der Waals surface area contributed by atoms with Gasteiger partial charge in [0.2, 0.25) is 0 Å². The van der Waals surface area contributed by atoms with Gasteiger partial charge in [0.25, 0.3) is 0 Å². The number of piperidine rings is 1. The topological polar surface area (TPSA) is 21.3 Å². The number of rotatable bonds is 2. The van der Waals surface area contributed by atoms with E-state index in [1.54, 1.807) is 0 Å². The monoisotopic (exact) mass is 197 g/mol. The first-order valence-corrected chi connectivity index (χ1v) is 6.12. The molecule has 0 aromatic heterocycles. The van der Waals surface area contributed by atoms with Crippen LogP contribution in [0, 0.1) is 5.92 Å². The summed E-state index contributed by atoms with van der Waals surface area (Å²) in [5, 5.41) is 3.75. The van der Waals surface area contributed by atoms with Gasteiger partial charge in [-0.15, -0.1) is 0 Å². The lowest BCUT2D eigenvalue weighted by Gasteiger charge is -2.45. The van der Waals surface area contributed by atoms with E-state index in [2.05, 4.69) is 19.2 Å². The van der Waals surface area contributed by atoms with Gasteiger partial charge in [-0.25, -0.2) is 0 Å². The molecule has 0 radical (unpaired) electrons. The molecule has 2 unspecified atom stereocenters. The summed E-state index contributed by atoms with van der Waals surface area (Å²) < 4.78 is 5.89. The first-order valence-electron chi connectivity index (χ1n) is 6.12. The first-order chi connectivity index (χ1) is 6.76. The molecule has 2 heteroatoms. The predicted octanol–water partition coefficient (Wildman–Crippen LogP) is 2.33. The smallest absolute Gasteiger partial charge is 0.0759 e. The highest BCUT2D eigenvalue weighted by molar-refractivity contribution is 5.01. The lowest BCUT2D eigenvalue weighted by molar-refractivity contribution is -0.0104. The quantitative estimate of drug-likeness (QED) is 0.733. The van der Waals surface area contributed by atoms with Crippen molar-refractivity contribution in [2.45, 2.75) is 57.6 Å². The Morgan fingerprint density at radius 1 is 1.29 bits per heavy atom. The van der Waals surface area contributed by atoms with Gasteiger partial charge in [0, 0.05) is 12.1 Å². The molecule has 14 heavy (non-hydrogen) atoms. The normalized spacial score (nSPS) is 39.2.